The van der Waals surface area contributed by atoms with Gasteiger partial charge in [-0.2, -0.15) is 10.1 Å². The van der Waals surface area contributed by atoms with Crippen molar-refractivity contribution < 1.29 is 9.13 Å². The van der Waals surface area contributed by atoms with Crippen LogP contribution >= 0.6 is 0 Å². The van der Waals surface area contributed by atoms with Gasteiger partial charge in [0.1, 0.15) is 0 Å². The first-order valence-electron chi connectivity index (χ1n) is 8.05. The second-order valence-electron chi connectivity index (χ2n) is 5.82. The van der Waals surface area contributed by atoms with Gasteiger partial charge in [-0.15, -0.1) is 0 Å². The number of halogens is 1. The average molecular weight is 344 g/mol. The zero-order chi connectivity index (χ0) is 17.6. The molecule has 0 spiro atoms. The SMILES string of the molecule is CN(C)c1ccc(C=NNc2ncc(F)c(N3CCOCC3)n2)cc1. The highest BCUT2D eigenvalue weighted by molar-refractivity contribution is 5.80. The number of hydrazone groups is 1. The summed E-state index contributed by atoms with van der Waals surface area (Å²) in [5, 5.41) is 4.12. The lowest BCUT2D eigenvalue weighted by atomic mass is 10.2. The first-order chi connectivity index (χ1) is 12.1. The molecular weight excluding hydrogens is 323 g/mol. The van der Waals surface area contributed by atoms with Gasteiger partial charge in [0.15, 0.2) is 11.6 Å². The second-order valence-corrected chi connectivity index (χ2v) is 5.82. The third kappa shape index (κ3) is 4.42. The summed E-state index contributed by atoms with van der Waals surface area (Å²) in [5.74, 6) is 0.0751. The van der Waals surface area contributed by atoms with Crippen LogP contribution in [0, 0.1) is 5.82 Å². The van der Waals surface area contributed by atoms with E-state index >= 15 is 0 Å². The molecular formula is C17H21FN6O. The maximum atomic E-state index is 14.0. The molecule has 0 radical (unpaired) electrons. The highest BCUT2D eigenvalue weighted by atomic mass is 19.1. The number of benzene rings is 1. The van der Waals surface area contributed by atoms with E-state index in [0.717, 1.165) is 17.4 Å². The summed E-state index contributed by atoms with van der Waals surface area (Å²) in [4.78, 5) is 12.0. The second kappa shape index (κ2) is 7.89. The van der Waals surface area contributed by atoms with Crippen molar-refractivity contribution in [2.75, 3.05) is 55.6 Å². The Morgan fingerprint density at radius 3 is 2.64 bits per heavy atom. The molecule has 0 bridgehead atoms. The molecule has 1 saturated heterocycles. The van der Waals surface area contributed by atoms with Crippen LogP contribution in [0.3, 0.4) is 0 Å². The molecule has 1 aromatic heterocycles. The van der Waals surface area contributed by atoms with Gasteiger partial charge in [-0.3, -0.25) is 0 Å². The summed E-state index contributed by atoms with van der Waals surface area (Å²) in [7, 11) is 3.98. The Kier molecular flexibility index (Phi) is 5.39. The molecule has 1 aliphatic rings. The van der Waals surface area contributed by atoms with Gasteiger partial charge < -0.3 is 14.5 Å². The summed E-state index contributed by atoms with van der Waals surface area (Å²) in [6.07, 6.45) is 2.82. The lowest BCUT2D eigenvalue weighted by Crippen LogP contribution is -2.37. The molecule has 132 valence electrons. The Labute approximate surface area is 146 Å². The van der Waals surface area contributed by atoms with Crippen LogP contribution in [-0.2, 0) is 4.74 Å². The van der Waals surface area contributed by atoms with Gasteiger partial charge in [-0.25, -0.2) is 14.8 Å². The zero-order valence-corrected chi connectivity index (χ0v) is 14.3. The van der Waals surface area contributed by atoms with Crippen molar-refractivity contribution in [3.63, 3.8) is 0 Å². The fourth-order valence-electron chi connectivity index (χ4n) is 2.43. The van der Waals surface area contributed by atoms with Gasteiger partial charge in [0.05, 0.1) is 25.6 Å². The molecule has 0 amide bonds. The Hall–Kier alpha value is -2.74. The molecule has 2 aromatic rings. The maximum Gasteiger partial charge on any atom is 0.245 e. The first-order valence-corrected chi connectivity index (χ1v) is 8.05. The molecule has 8 heteroatoms. The number of nitrogens with one attached hydrogen (secondary N) is 1. The number of anilines is 3. The normalized spacial score (nSPS) is 14.8. The third-order valence-electron chi connectivity index (χ3n) is 3.82. The smallest absolute Gasteiger partial charge is 0.245 e. The number of aromatic nitrogens is 2. The summed E-state index contributed by atoms with van der Waals surface area (Å²) < 4.78 is 19.2. The number of nitrogens with zero attached hydrogens (tertiary/aromatic N) is 5. The van der Waals surface area contributed by atoms with Crippen LogP contribution in [0.5, 0.6) is 0 Å². The lowest BCUT2D eigenvalue weighted by molar-refractivity contribution is 0.122. The van der Waals surface area contributed by atoms with Gasteiger partial charge in [0.25, 0.3) is 0 Å². The Balaban J connectivity index is 1.66. The Morgan fingerprint density at radius 2 is 1.96 bits per heavy atom. The minimum absolute atomic E-state index is 0.254. The lowest BCUT2D eigenvalue weighted by Gasteiger charge is -2.27. The summed E-state index contributed by atoms with van der Waals surface area (Å²) in [6, 6.07) is 7.94. The van der Waals surface area contributed by atoms with Crippen LogP contribution in [0.2, 0.25) is 0 Å². The van der Waals surface area contributed by atoms with Crippen molar-refractivity contribution in [1.82, 2.24) is 9.97 Å². The standard InChI is InChI=1S/C17H21FN6O/c1-23(2)14-5-3-13(4-6-14)11-20-22-17-19-12-15(18)16(21-17)24-7-9-25-10-8-24/h3-6,11-12H,7-10H2,1-2H3,(H,19,21,22). The minimum Gasteiger partial charge on any atom is -0.378 e. The van der Waals surface area contributed by atoms with Crippen molar-refractivity contribution in [1.29, 1.82) is 0 Å². The van der Waals surface area contributed by atoms with E-state index in [1.807, 2.05) is 48.2 Å². The average Bonchev–Trinajstić information content (AvgIpc) is 2.64. The van der Waals surface area contributed by atoms with Crippen molar-refractivity contribution in [3.8, 4) is 0 Å². The van der Waals surface area contributed by atoms with Crippen molar-refractivity contribution >= 4 is 23.7 Å². The van der Waals surface area contributed by atoms with Gasteiger partial charge in [0.2, 0.25) is 5.95 Å². The molecule has 0 atom stereocenters. The quantitative estimate of drug-likeness (QED) is 0.661. The van der Waals surface area contributed by atoms with Gasteiger partial charge in [-0.05, 0) is 17.7 Å². The highest BCUT2D eigenvalue weighted by Gasteiger charge is 2.17. The molecule has 25 heavy (non-hydrogen) atoms. The largest absolute Gasteiger partial charge is 0.378 e. The van der Waals surface area contributed by atoms with E-state index in [2.05, 4.69) is 20.5 Å². The van der Waals surface area contributed by atoms with Gasteiger partial charge in [-0.1, -0.05) is 12.1 Å². The molecule has 1 fully saturated rings. The van der Waals surface area contributed by atoms with E-state index in [1.54, 1.807) is 6.21 Å². The fourth-order valence-corrected chi connectivity index (χ4v) is 2.43. The zero-order valence-electron chi connectivity index (χ0n) is 14.3. The molecule has 0 saturated carbocycles. The summed E-state index contributed by atoms with van der Waals surface area (Å²) in [5.41, 5.74) is 4.80. The van der Waals surface area contributed by atoms with Crippen molar-refractivity contribution in [3.05, 3.63) is 41.8 Å². The van der Waals surface area contributed by atoms with E-state index in [1.165, 1.54) is 0 Å². The summed E-state index contributed by atoms with van der Waals surface area (Å²) >= 11 is 0. The molecule has 1 aliphatic heterocycles. The first kappa shape index (κ1) is 17.1. The van der Waals surface area contributed by atoms with Crippen LogP contribution in [-0.4, -0.2) is 56.6 Å². The van der Waals surface area contributed by atoms with Crippen molar-refractivity contribution in [2.45, 2.75) is 0 Å². The number of morpholine rings is 1. The fraction of sp³-hybridized carbons (Fsp3) is 0.353. The summed E-state index contributed by atoms with van der Waals surface area (Å²) in [6.45, 7) is 2.34. The van der Waals surface area contributed by atoms with E-state index in [4.69, 9.17) is 4.74 Å². The predicted molar refractivity (Wildman–Crippen MR) is 97.0 cm³/mol. The van der Waals surface area contributed by atoms with E-state index < -0.39 is 5.82 Å². The van der Waals surface area contributed by atoms with Crippen LogP contribution in [0.25, 0.3) is 0 Å². The van der Waals surface area contributed by atoms with Gasteiger partial charge in [0, 0.05) is 32.9 Å². The number of ether oxygens (including phenoxy) is 1. The number of hydrogen-bond donors (Lipinski definition) is 1. The number of rotatable bonds is 5. The Bertz CT molecular complexity index is 728. The predicted octanol–water partition coefficient (Wildman–Crippen LogP) is 1.96. The monoisotopic (exact) mass is 344 g/mol. The molecule has 3 rings (SSSR count). The number of hydrogen-bond acceptors (Lipinski definition) is 7. The maximum absolute atomic E-state index is 14.0. The van der Waals surface area contributed by atoms with Crippen molar-refractivity contribution in [2.24, 2.45) is 5.10 Å². The van der Waals surface area contributed by atoms with E-state index in [-0.39, 0.29) is 11.8 Å². The van der Waals surface area contributed by atoms with Crippen LogP contribution in [0.4, 0.5) is 21.8 Å². The molecule has 0 unspecified atom stereocenters. The molecule has 7 nitrogen and oxygen atoms in total. The van der Waals surface area contributed by atoms with Crippen LogP contribution < -0.4 is 15.2 Å². The van der Waals surface area contributed by atoms with E-state index in [0.29, 0.717) is 26.3 Å². The van der Waals surface area contributed by atoms with Crippen LogP contribution in [0.1, 0.15) is 5.56 Å². The van der Waals surface area contributed by atoms with Gasteiger partial charge >= 0.3 is 0 Å². The van der Waals surface area contributed by atoms with Crippen LogP contribution in [0.15, 0.2) is 35.6 Å². The topological polar surface area (TPSA) is 65.9 Å². The van der Waals surface area contributed by atoms with E-state index in [9.17, 15) is 4.39 Å². The minimum atomic E-state index is -0.448. The Morgan fingerprint density at radius 1 is 1.24 bits per heavy atom. The third-order valence-corrected chi connectivity index (χ3v) is 3.82. The highest BCUT2D eigenvalue weighted by Crippen LogP contribution is 2.18. The molecule has 0 aliphatic carbocycles. The molecule has 1 aromatic carbocycles. The molecule has 1 N–H and O–H groups in total. The molecule has 2 heterocycles.